The predicted molar refractivity (Wildman–Crippen MR) is 81.3 cm³/mol. The van der Waals surface area contributed by atoms with Gasteiger partial charge in [-0.15, -0.1) is 0 Å². The Labute approximate surface area is 125 Å². The summed E-state index contributed by atoms with van der Waals surface area (Å²) in [5, 5.41) is 12.7. The molecule has 1 amide bonds. The Bertz CT molecular complexity index is 503. The molecule has 114 valence electrons. The van der Waals surface area contributed by atoms with Crippen LogP contribution in [0.1, 0.15) is 18.4 Å². The van der Waals surface area contributed by atoms with Crippen molar-refractivity contribution >= 4 is 5.91 Å². The number of hydrogen-bond acceptors (Lipinski definition) is 4. The predicted octanol–water partition coefficient (Wildman–Crippen LogP) is 0.612. The highest BCUT2D eigenvalue weighted by Gasteiger charge is 2.36. The van der Waals surface area contributed by atoms with Crippen molar-refractivity contribution in [3.05, 3.63) is 29.8 Å². The van der Waals surface area contributed by atoms with E-state index in [4.69, 9.17) is 0 Å². The number of phenolic OH excluding ortho intramolecular Hbond substituents is 1. The van der Waals surface area contributed by atoms with Crippen LogP contribution in [0.4, 0.5) is 0 Å². The summed E-state index contributed by atoms with van der Waals surface area (Å²) in [6.07, 6.45) is 0. The summed E-state index contributed by atoms with van der Waals surface area (Å²) in [6.45, 7) is 7.38. The number of fused-ring (bicyclic) bond motifs is 1. The van der Waals surface area contributed by atoms with Crippen molar-refractivity contribution in [1.82, 2.24) is 15.1 Å². The molecule has 1 unspecified atom stereocenters. The number of carbonyl (C=O) groups excluding carboxylic acids is 1. The van der Waals surface area contributed by atoms with Gasteiger partial charge >= 0.3 is 0 Å². The van der Waals surface area contributed by atoms with Crippen LogP contribution in [0, 0.1) is 0 Å². The molecule has 2 aliphatic rings. The number of rotatable bonds is 3. The Kier molecular flexibility index (Phi) is 4.12. The van der Waals surface area contributed by atoms with Gasteiger partial charge in [-0.2, -0.15) is 0 Å². The fraction of sp³-hybridized carbons (Fsp3) is 0.562. The highest BCUT2D eigenvalue weighted by Crippen LogP contribution is 2.22. The molecule has 2 heterocycles. The number of hydrogen-bond donors (Lipinski definition) is 2. The molecule has 3 rings (SSSR count). The molecule has 2 aliphatic heterocycles. The molecule has 0 aromatic heterocycles. The van der Waals surface area contributed by atoms with Crippen LogP contribution in [0.15, 0.2) is 24.3 Å². The minimum Gasteiger partial charge on any atom is -0.508 e. The van der Waals surface area contributed by atoms with E-state index >= 15 is 0 Å². The molecule has 1 aromatic carbocycles. The smallest absolute Gasteiger partial charge is 0.241 e. The lowest BCUT2D eigenvalue weighted by molar-refractivity contribution is -0.142. The first kappa shape index (κ1) is 14.4. The van der Waals surface area contributed by atoms with Gasteiger partial charge in [-0.1, -0.05) is 19.1 Å². The summed E-state index contributed by atoms with van der Waals surface area (Å²) in [4.78, 5) is 16.9. The second-order valence-corrected chi connectivity index (χ2v) is 6.03. The first-order chi connectivity index (χ1) is 10.1. The minimum absolute atomic E-state index is 0.0134. The van der Waals surface area contributed by atoms with E-state index in [2.05, 4.69) is 17.1 Å². The van der Waals surface area contributed by atoms with Gasteiger partial charge in [0.1, 0.15) is 11.8 Å². The Balaban J connectivity index is 1.64. The number of nitrogens with zero attached hydrogens (tertiary/aromatic N) is 2. The van der Waals surface area contributed by atoms with Gasteiger partial charge in [0, 0.05) is 39.3 Å². The van der Waals surface area contributed by atoms with Crippen LogP contribution in [-0.2, 0) is 4.79 Å². The molecule has 0 bridgehead atoms. The summed E-state index contributed by atoms with van der Waals surface area (Å²) in [6, 6.07) is 7.29. The second-order valence-electron chi connectivity index (χ2n) is 6.03. The van der Waals surface area contributed by atoms with Gasteiger partial charge in [0.05, 0.1) is 0 Å². The van der Waals surface area contributed by atoms with E-state index < -0.39 is 0 Å². The summed E-state index contributed by atoms with van der Waals surface area (Å²) in [5.74, 6) is 0.806. The van der Waals surface area contributed by atoms with Gasteiger partial charge in [0.25, 0.3) is 0 Å². The topological polar surface area (TPSA) is 55.8 Å². The molecule has 5 heteroatoms. The minimum atomic E-state index is 0.0134. The van der Waals surface area contributed by atoms with E-state index in [1.54, 1.807) is 12.1 Å². The van der Waals surface area contributed by atoms with E-state index in [1.165, 1.54) is 0 Å². The lowest BCUT2D eigenvalue weighted by Crippen LogP contribution is -2.64. The maximum atomic E-state index is 12.6. The van der Waals surface area contributed by atoms with E-state index in [0.717, 1.165) is 44.8 Å². The lowest BCUT2D eigenvalue weighted by Gasteiger charge is -2.43. The number of piperazine rings is 2. The highest BCUT2D eigenvalue weighted by molar-refractivity contribution is 5.83. The third-order valence-corrected chi connectivity index (χ3v) is 4.56. The van der Waals surface area contributed by atoms with Gasteiger partial charge in [-0.05, 0) is 23.6 Å². The maximum absolute atomic E-state index is 12.6. The van der Waals surface area contributed by atoms with Crippen LogP contribution in [0.25, 0.3) is 0 Å². The molecular weight excluding hydrogens is 266 g/mol. The summed E-state index contributed by atoms with van der Waals surface area (Å²) >= 11 is 0. The zero-order valence-electron chi connectivity index (χ0n) is 12.5. The van der Waals surface area contributed by atoms with Crippen molar-refractivity contribution < 1.29 is 9.90 Å². The van der Waals surface area contributed by atoms with Gasteiger partial charge < -0.3 is 15.3 Å². The SMILES string of the molecule is CC(CN1CCN2CCNC[C@@H]2C1=O)c1ccc(O)cc1. The van der Waals surface area contributed by atoms with Gasteiger partial charge in [0.15, 0.2) is 0 Å². The van der Waals surface area contributed by atoms with E-state index in [-0.39, 0.29) is 23.6 Å². The molecule has 2 atom stereocenters. The van der Waals surface area contributed by atoms with Crippen LogP contribution >= 0.6 is 0 Å². The molecule has 0 saturated carbocycles. The summed E-state index contributed by atoms with van der Waals surface area (Å²) < 4.78 is 0. The standard InChI is InChI=1S/C16H23N3O2/c1-12(13-2-4-14(20)5-3-13)11-19-9-8-18-7-6-17-10-15(18)16(19)21/h2-5,12,15,17,20H,6-11H2,1H3/t12?,15-/m1/s1. The first-order valence-corrected chi connectivity index (χ1v) is 7.67. The van der Waals surface area contributed by atoms with E-state index in [1.807, 2.05) is 17.0 Å². The van der Waals surface area contributed by atoms with Crippen molar-refractivity contribution in [2.75, 3.05) is 39.3 Å². The van der Waals surface area contributed by atoms with Crippen LogP contribution in [-0.4, -0.2) is 66.1 Å². The molecule has 5 nitrogen and oxygen atoms in total. The van der Waals surface area contributed by atoms with Crippen molar-refractivity contribution in [1.29, 1.82) is 0 Å². The molecule has 1 aromatic rings. The van der Waals surface area contributed by atoms with Crippen molar-refractivity contribution in [2.24, 2.45) is 0 Å². The van der Waals surface area contributed by atoms with Crippen molar-refractivity contribution in [3.8, 4) is 5.75 Å². The van der Waals surface area contributed by atoms with E-state index in [0.29, 0.717) is 0 Å². The Morgan fingerprint density at radius 1 is 1.29 bits per heavy atom. The molecule has 2 fully saturated rings. The van der Waals surface area contributed by atoms with Gasteiger partial charge in [-0.3, -0.25) is 9.69 Å². The fourth-order valence-corrected chi connectivity index (χ4v) is 3.25. The quantitative estimate of drug-likeness (QED) is 0.856. The third kappa shape index (κ3) is 3.04. The number of carbonyl (C=O) groups is 1. The second kappa shape index (κ2) is 6.03. The molecule has 0 radical (unpaired) electrons. The number of amides is 1. The normalized spacial score (nSPS) is 24.7. The fourth-order valence-electron chi connectivity index (χ4n) is 3.25. The van der Waals surface area contributed by atoms with E-state index in [9.17, 15) is 9.90 Å². The number of aromatic hydroxyl groups is 1. The molecule has 0 aliphatic carbocycles. The Morgan fingerprint density at radius 2 is 2.05 bits per heavy atom. The van der Waals surface area contributed by atoms with Crippen molar-refractivity contribution in [2.45, 2.75) is 18.9 Å². The zero-order valence-corrected chi connectivity index (χ0v) is 12.5. The summed E-state index contributed by atoms with van der Waals surface area (Å²) in [7, 11) is 0. The van der Waals surface area contributed by atoms with Gasteiger partial charge in [-0.25, -0.2) is 0 Å². The van der Waals surface area contributed by atoms with Gasteiger partial charge in [0.2, 0.25) is 5.91 Å². The monoisotopic (exact) mass is 289 g/mol. The molecular formula is C16H23N3O2. The Hall–Kier alpha value is -1.59. The van der Waals surface area contributed by atoms with Crippen LogP contribution in [0.2, 0.25) is 0 Å². The molecule has 21 heavy (non-hydrogen) atoms. The molecule has 0 spiro atoms. The number of benzene rings is 1. The largest absolute Gasteiger partial charge is 0.508 e. The van der Waals surface area contributed by atoms with Crippen LogP contribution < -0.4 is 5.32 Å². The van der Waals surface area contributed by atoms with Crippen LogP contribution in [0.3, 0.4) is 0 Å². The average molecular weight is 289 g/mol. The zero-order chi connectivity index (χ0) is 14.8. The number of phenols is 1. The highest BCUT2D eigenvalue weighted by atomic mass is 16.3. The van der Waals surface area contributed by atoms with Crippen LogP contribution in [0.5, 0.6) is 5.75 Å². The Morgan fingerprint density at radius 3 is 2.81 bits per heavy atom. The summed E-state index contributed by atoms with van der Waals surface area (Å²) in [5.41, 5.74) is 1.16. The van der Waals surface area contributed by atoms with Crippen molar-refractivity contribution in [3.63, 3.8) is 0 Å². The third-order valence-electron chi connectivity index (χ3n) is 4.56. The first-order valence-electron chi connectivity index (χ1n) is 7.67. The maximum Gasteiger partial charge on any atom is 0.241 e. The lowest BCUT2D eigenvalue weighted by atomic mass is 9.99. The average Bonchev–Trinajstić information content (AvgIpc) is 2.51. The molecule has 2 saturated heterocycles. The number of nitrogens with one attached hydrogen (secondary N) is 1. The molecule has 2 N–H and O–H groups in total.